The normalized spacial score (nSPS) is 24.4. The number of H-pyrrole nitrogens is 1. The van der Waals surface area contributed by atoms with E-state index >= 15 is 0 Å². The predicted molar refractivity (Wildman–Crippen MR) is 88.8 cm³/mol. The average Bonchev–Trinajstić information content (AvgIpc) is 3.18. The Balaban J connectivity index is 1.29. The number of carbonyl (C=O) groups excluding carboxylic acids is 2. The van der Waals surface area contributed by atoms with Gasteiger partial charge in [0.05, 0.1) is 0 Å². The molecule has 9 nitrogen and oxygen atoms in total. The lowest BCUT2D eigenvalue weighted by Gasteiger charge is -2.36. The zero-order valence-electron chi connectivity index (χ0n) is 14.3. The maximum Gasteiger partial charge on any atom is 0.416 e. The molecule has 0 spiro atoms. The molecule has 0 bridgehead atoms. The van der Waals surface area contributed by atoms with Crippen LogP contribution in [0.2, 0.25) is 0 Å². The van der Waals surface area contributed by atoms with E-state index < -0.39 is 11.7 Å². The lowest BCUT2D eigenvalue weighted by molar-refractivity contribution is 0.0854. The summed E-state index contributed by atoms with van der Waals surface area (Å²) in [6.45, 7) is 2.16. The number of rotatable bonds is 4. The highest BCUT2D eigenvalue weighted by atomic mass is 16.5. The van der Waals surface area contributed by atoms with E-state index in [4.69, 9.17) is 4.52 Å². The molecule has 1 saturated carbocycles. The fourth-order valence-corrected chi connectivity index (χ4v) is 3.52. The number of aryl methyl sites for hydroxylation is 1. The molecule has 2 amide bonds. The molecule has 138 valence electrons. The van der Waals surface area contributed by atoms with Crippen molar-refractivity contribution >= 4 is 11.8 Å². The van der Waals surface area contributed by atoms with Crippen LogP contribution < -0.4 is 16.4 Å². The molecular weight excluding hydrogens is 340 g/mol. The smallest absolute Gasteiger partial charge is 0.416 e. The van der Waals surface area contributed by atoms with Crippen LogP contribution in [-0.4, -0.2) is 34.0 Å². The number of oxazole rings is 1. The van der Waals surface area contributed by atoms with Crippen LogP contribution in [0.15, 0.2) is 20.0 Å². The Hall–Kier alpha value is -2.84. The van der Waals surface area contributed by atoms with E-state index in [1.54, 1.807) is 0 Å². The number of nitrogens with zero attached hydrogens (tertiary/aromatic N) is 1. The van der Waals surface area contributed by atoms with Crippen molar-refractivity contribution in [1.29, 1.82) is 0 Å². The minimum atomic E-state index is -0.667. The van der Waals surface area contributed by atoms with E-state index in [0.29, 0.717) is 24.5 Å². The van der Waals surface area contributed by atoms with Gasteiger partial charge in [-0.3, -0.25) is 14.6 Å². The molecular formula is C17H20N4O5. The van der Waals surface area contributed by atoms with Crippen LogP contribution in [0.25, 0.3) is 0 Å². The van der Waals surface area contributed by atoms with Crippen LogP contribution in [0.5, 0.6) is 0 Å². The fourth-order valence-electron chi connectivity index (χ4n) is 3.52. The Kier molecular flexibility index (Phi) is 4.14. The first-order chi connectivity index (χ1) is 12.5. The van der Waals surface area contributed by atoms with Crippen molar-refractivity contribution < 1.29 is 18.5 Å². The SMILES string of the molecule is CC1CCc2onc(C(=O)NC3CC(NC(=O)c4coc(=O)[nH]4)C3)c2C1. The lowest BCUT2D eigenvalue weighted by atomic mass is 9.85. The maximum atomic E-state index is 12.5. The minimum Gasteiger partial charge on any atom is -0.416 e. The van der Waals surface area contributed by atoms with E-state index in [9.17, 15) is 14.4 Å². The van der Waals surface area contributed by atoms with Crippen LogP contribution in [0.3, 0.4) is 0 Å². The maximum absolute atomic E-state index is 12.5. The van der Waals surface area contributed by atoms with Crippen molar-refractivity contribution in [3.8, 4) is 0 Å². The highest BCUT2D eigenvalue weighted by Crippen LogP contribution is 2.28. The fraction of sp³-hybridized carbons (Fsp3) is 0.529. The van der Waals surface area contributed by atoms with Gasteiger partial charge in [0.1, 0.15) is 17.7 Å². The zero-order valence-corrected chi connectivity index (χ0v) is 14.3. The predicted octanol–water partition coefficient (Wildman–Crippen LogP) is 0.771. The summed E-state index contributed by atoms with van der Waals surface area (Å²) in [7, 11) is 0. The molecule has 1 fully saturated rings. The third-order valence-electron chi connectivity index (χ3n) is 5.08. The van der Waals surface area contributed by atoms with E-state index in [0.717, 1.165) is 36.8 Å². The van der Waals surface area contributed by atoms with Gasteiger partial charge in [0.15, 0.2) is 5.69 Å². The lowest BCUT2D eigenvalue weighted by Crippen LogP contribution is -2.54. The topological polar surface area (TPSA) is 130 Å². The number of aromatic nitrogens is 2. The molecule has 2 aromatic rings. The van der Waals surface area contributed by atoms with E-state index in [2.05, 4.69) is 32.1 Å². The first-order valence-corrected chi connectivity index (χ1v) is 8.76. The number of fused-ring (bicyclic) bond motifs is 1. The third kappa shape index (κ3) is 3.16. The van der Waals surface area contributed by atoms with Crippen LogP contribution in [0, 0.1) is 5.92 Å². The molecule has 0 aromatic carbocycles. The van der Waals surface area contributed by atoms with Crippen LogP contribution in [0.4, 0.5) is 0 Å². The average molecular weight is 360 g/mol. The molecule has 2 aliphatic rings. The number of amides is 2. The van der Waals surface area contributed by atoms with Crippen molar-refractivity contribution in [2.24, 2.45) is 5.92 Å². The summed E-state index contributed by atoms with van der Waals surface area (Å²) in [6.07, 6.45) is 5.02. The molecule has 4 rings (SSSR count). The van der Waals surface area contributed by atoms with Gasteiger partial charge in [-0.15, -0.1) is 0 Å². The van der Waals surface area contributed by atoms with Crippen molar-refractivity contribution in [2.45, 2.75) is 51.1 Å². The molecule has 9 heteroatoms. The number of nitrogens with one attached hydrogen (secondary N) is 3. The molecule has 1 unspecified atom stereocenters. The highest BCUT2D eigenvalue weighted by molar-refractivity contribution is 5.94. The molecule has 2 aromatic heterocycles. The van der Waals surface area contributed by atoms with Gasteiger partial charge >= 0.3 is 5.76 Å². The molecule has 0 aliphatic heterocycles. The Morgan fingerprint density at radius 1 is 1.23 bits per heavy atom. The Bertz CT molecular complexity index is 889. The Morgan fingerprint density at radius 3 is 2.65 bits per heavy atom. The molecule has 2 aliphatic carbocycles. The summed E-state index contributed by atoms with van der Waals surface area (Å²) < 4.78 is 9.85. The van der Waals surface area contributed by atoms with E-state index in [-0.39, 0.29) is 23.7 Å². The van der Waals surface area contributed by atoms with Gasteiger partial charge in [-0.05, 0) is 31.6 Å². The summed E-state index contributed by atoms with van der Waals surface area (Å²) in [4.78, 5) is 37.6. The van der Waals surface area contributed by atoms with Gasteiger partial charge in [-0.25, -0.2) is 4.79 Å². The summed E-state index contributed by atoms with van der Waals surface area (Å²) in [5, 5.41) is 9.68. The van der Waals surface area contributed by atoms with Crippen molar-refractivity contribution in [3.63, 3.8) is 0 Å². The first-order valence-electron chi connectivity index (χ1n) is 8.76. The largest absolute Gasteiger partial charge is 0.416 e. The highest BCUT2D eigenvalue weighted by Gasteiger charge is 2.34. The Labute approximate surface area is 148 Å². The molecule has 1 atom stereocenters. The monoisotopic (exact) mass is 360 g/mol. The van der Waals surface area contributed by atoms with Crippen molar-refractivity contribution in [2.75, 3.05) is 0 Å². The van der Waals surface area contributed by atoms with Crippen molar-refractivity contribution in [3.05, 3.63) is 39.5 Å². The van der Waals surface area contributed by atoms with Crippen LogP contribution >= 0.6 is 0 Å². The summed E-state index contributed by atoms with van der Waals surface area (Å²) in [5.41, 5.74) is 1.40. The number of hydrogen-bond donors (Lipinski definition) is 3. The zero-order chi connectivity index (χ0) is 18.3. The first kappa shape index (κ1) is 16.6. The van der Waals surface area contributed by atoms with Crippen LogP contribution in [-0.2, 0) is 12.8 Å². The summed E-state index contributed by atoms with van der Waals surface area (Å²) >= 11 is 0. The number of aromatic amines is 1. The van der Waals surface area contributed by atoms with E-state index in [1.165, 1.54) is 0 Å². The third-order valence-corrected chi connectivity index (χ3v) is 5.08. The summed E-state index contributed by atoms with van der Waals surface area (Å²) in [6, 6.07) is -0.0815. The summed E-state index contributed by atoms with van der Waals surface area (Å²) in [5.74, 6) is 0.0506. The molecule has 0 saturated heterocycles. The van der Waals surface area contributed by atoms with Crippen LogP contribution in [0.1, 0.15) is 58.5 Å². The second-order valence-electron chi connectivity index (χ2n) is 7.15. The Morgan fingerprint density at radius 2 is 1.96 bits per heavy atom. The number of carbonyl (C=O) groups is 2. The van der Waals surface area contributed by atoms with Gasteiger partial charge < -0.3 is 19.6 Å². The molecule has 26 heavy (non-hydrogen) atoms. The molecule has 0 radical (unpaired) electrons. The molecule has 3 N–H and O–H groups in total. The molecule has 2 heterocycles. The van der Waals surface area contributed by atoms with Gasteiger partial charge in [0.2, 0.25) is 0 Å². The van der Waals surface area contributed by atoms with Crippen molar-refractivity contribution in [1.82, 2.24) is 20.8 Å². The van der Waals surface area contributed by atoms with E-state index in [1.807, 2.05) is 0 Å². The van der Waals surface area contributed by atoms with Gasteiger partial charge in [0.25, 0.3) is 11.8 Å². The second-order valence-corrected chi connectivity index (χ2v) is 7.15. The van der Waals surface area contributed by atoms with Gasteiger partial charge in [0, 0.05) is 24.1 Å². The number of hydrogen-bond acceptors (Lipinski definition) is 6. The van der Waals surface area contributed by atoms with Gasteiger partial charge in [-0.2, -0.15) is 0 Å². The van der Waals surface area contributed by atoms with Gasteiger partial charge in [-0.1, -0.05) is 12.1 Å². The second kappa shape index (κ2) is 6.47. The quantitative estimate of drug-likeness (QED) is 0.738. The standard InChI is InChI=1S/C17H20N4O5/c1-8-2-3-13-11(4-8)14(21-26-13)16(23)19-10-5-9(6-10)18-15(22)12-7-25-17(24)20-12/h7-10H,2-6H2,1H3,(H,18,22)(H,19,23)(H,20,24). The minimum absolute atomic E-state index is 0.0236.